The fourth-order valence-corrected chi connectivity index (χ4v) is 0.125. The third-order valence-electron chi connectivity index (χ3n) is 0.312. The van der Waals surface area contributed by atoms with Gasteiger partial charge in [-0.3, -0.25) is 0 Å². The quantitative estimate of drug-likeness (QED) is 0.429. The van der Waals surface area contributed by atoms with E-state index in [2.05, 4.69) is 0 Å². The molecule has 0 saturated heterocycles. The summed E-state index contributed by atoms with van der Waals surface area (Å²) in [5.74, 6) is 0. The molecule has 0 rings (SSSR count). The zero-order valence-electron chi connectivity index (χ0n) is 8.00. The smallest absolute Gasteiger partial charge is 0.0619 e. The normalized spacial score (nSPS) is 27.7. The minimum atomic E-state index is -0.174. The number of hydrogen-bond acceptors (Lipinski definition) is 0. The lowest BCUT2D eigenvalue weighted by Gasteiger charge is -1.62. The van der Waals surface area contributed by atoms with Crippen molar-refractivity contribution in [2.75, 3.05) is 0 Å². The molecule has 0 aromatic rings. The van der Waals surface area contributed by atoms with E-state index in [1.54, 1.807) is 0 Å². The molecule has 0 fully saturated rings. The van der Waals surface area contributed by atoms with E-state index in [0.29, 0.717) is 0 Å². The molecule has 0 bridgehead atoms. The van der Waals surface area contributed by atoms with Crippen LogP contribution >= 0.6 is 0 Å². The highest BCUT2D eigenvalue weighted by molar-refractivity contribution is 4.98. The molecule has 34 valence electrons. The van der Waals surface area contributed by atoms with E-state index in [1.165, 1.54) is 13.8 Å². The summed E-state index contributed by atoms with van der Waals surface area (Å²) in [6, 6.07) is -0.298. The Kier molecular flexibility index (Phi) is 1.14. The standard InChI is InChI=1S/C6H10/c1-3-5-6-4-2/h3-6H,1-2H3/b5-3+,6-4+/i3D,4D,5D,6D. The van der Waals surface area contributed by atoms with Crippen LogP contribution in [0.15, 0.2) is 24.2 Å². The molecule has 0 unspecified atom stereocenters. The minimum absolute atomic E-state index is 0.0246. The van der Waals surface area contributed by atoms with Gasteiger partial charge in [0.25, 0.3) is 0 Å². The molecule has 0 heterocycles. The lowest BCUT2D eigenvalue weighted by Crippen LogP contribution is -1.40. The molecular weight excluding hydrogens is 72.1 g/mol. The first kappa shape index (κ1) is 1.53. The maximum absolute atomic E-state index is 7.09. The van der Waals surface area contributed by atoms with Crippen molar-refractivity contribution in [1.82, 2.24) is 0 Å². The molecular formula is C6H10. The highest BCUT2D eigenvalue weighted by Gasteiger charge is 1.48. The van der Waals surface area contributed by atoms with Gasteiger partial charge < -0.3 is 0 Å². The topological polar surface area (TPSA) is 0 Å². The van der Waals surface area contributed by atoms with Crippen molar-refractivity contribution in [2.24, 2.45) is 0 Å². The van der Waals surface area contributed by atoms with Gasteiger partial charge in [0.2, 0.25) is 0 Å². The predicted octanol–water partition coefficient (Wildman–Crippen LogP) is 2.14. The summed E-state index contributed by atoms with van der Waals surface area (Å²) in [6.45, 7) is 2.86. The summed E-state index contributed by atoms with van der Waals surface area (Å²) in [6.07, 6.45) is 0. The Bertz CT molecular complexity index is 160. The van der Waals surface area contributed by atoms with Crippen LogP contribution in [0.4, 0.5) is 0 Å². The second-order valence-electron chi connectivity index (χ2n) is 0.750. The van der Waals surface area contributed by atoms with Crippen LogP contribution in [0.2, 0.25) is 0 Å². The monoisotopic (exact) mass is 86.1 g/mol. The Balaban J connectivity index is 4.71. The predicted molar refractivity (Wildman–Crippen MR) is 29.6 cm³/mol. The van der Waals surface area contributed by atoms with Gasteiger partial charge in [-0.2, -0.15) is 0 Å². The average Bonchev–Trinajstić information content (AvgIpc) is 1.84. The molecule has 0 aromatic carbocycles. The SMILES string of the molecule is [2H]/C(C)=C([2H])\C([2H])=C(/[2H])C. The molecule has 6 heavy (non-hydrogen) atoms. The molecule has 0 radical (unpaired) electrons. The van der Waals surface area contributed by atoms with Crippen LogP contribution in [-0.2, 0) is 0 Å². The maximum atomic E-state index is 7.09. The van der Waals surface area contributed by atoms with Gasteiger partial charge in [-0.15, -0.1) is 0 Å². The van der Waals surface area contributed by atoms with Gasteiger partial charge in [-0.1, -0.05) is 24.2 Å². The lowest BCUT2D eigenvalue weighted by molar-refractivity contribution is 1.69. The highest BCUT2D eigenvalue weighted by atomic mass is 13.6. The Morgan fingerprint density at radius 2 is 1.50 bits per heavy atom. The second-order valence-corrected chi connectivity index (χ2v) is 0.750. The molecule has 0 atom stereocenters. The largest absolute Gasteiger partial charge is 0.0877 e. The van der Waals surface area contributed by atoms with Crippen LogP contribution in [-0.4, -0.2) is 0 Å². The first-order chi connectivity index (χ1) is 4.46. The van der Waals surface area contributed by atoms with Gasteiger partial charge in [0.1, 0.15) is 0 Å². The molecule has 0 aliphatic rings. The molecule has 0 aliphatic carbocycles. The number of allylic oxidation sites excluding steroid dienone is 4. The molecule has 0 nitrogen and oxygen atoms in total. The van der Waals surface area contributed by atoms with Gasteiger partial charge in [0.05, 0.1) is 5.48 Å². The van der Waals surface area contributed by atoms with Gasteiger partial charge in [0, 0.05) is 0 Å². The molecule has 0 N–H and O–H groups in total. The molecule has 0 aromatic heterocycles. The second kappa shape index (κ2) is 4.48. The van der Waals surface area contributed by atoms with E-state index in [9.17, 15) is 0 Å². The summed E-state index contributed by atoms with van der Waals surface area (Å²) in [4.78, 5) is 0. The van der Waals surface area contributed by atoms with Crippen LogP contribution < -0.4 is 0 Å². The van der Waals surface area contributed by atoms with Crippen LogP contribution in [0.5, 0.6) is 0 Å². The van der Waals surface area contributed by atoms with Crippen molar-refractivity contribution >= 4 is 0 Å². The van der Waals surface area contributed by atoms with Crippen LogP contribution in [0.25, 0.3) is 0 Å². The summed E-state index contributed by atoms with van der Waals surface area (Å²) in [5, 5.41) is 0. The number of hydrogen-bond donors (Lipinski definition) is 0. The zero-order valence-corrected chi connectivity index (χ0v) is 4.00. The van der Waals surface area contributed by atoms with E-state index >= 15 is 0 Å². The van der Waals surface area contributed by atoms with Crippen molar-refractivity contribution in [2.45, 2.75) is 13.8 Å². The molecule has 0 heteroatoms. The van der Waals surface area contributed by atoms with E-state index < -0.39 is 0 Å². The van der Waals surface area contributed by atoms with E-state index in [4.69, 9.17) is 5.48 Å². The van der Waals surface area contributed by atoms with E-state index in [0.717, 1.165) is 0 Å². The van der Waals surface area contributed by atoms with Crippen molar-refractivity contribution in [3.63, 3.8) is 0 Å². The third-order valence-corrected chi connectivity index (χ3v) is 0.312. The van der Waals surface area contributed by atoms with Crippen molar-refractivity contribution in [1.29, 1.82) is 0 Å². The summed E-state index contributed by atoms with van der Waals surface area (Å²) < 4.78 is 28.1. The van der Waals surface area contributed by atoms with E-state index in [-0.39, 0.29) is 24.2 Å². The van der Waals surface area contributed by atoms with Gasteiger partial charge in [-0.05, 0) is 13.8 Å². The summed E-state index contributed by atoms with van der Waals surface area (Å²) >= 11 is 0. The summed E-state index contributed by atoms with van der Waals surface area (Å²) in [7, 11) is 0. The van der Waals surface area contributed by atoms with Gasteiger partial charge >= 0.3 is 0 Å². The lowest BCUT2D eigenvalue weighted by atomic mass is 10.5. The van der Waals surface area contributed by atoms with Crippen LogP contribution in [0.3, 0.4) is 0 Å². The fourth-order valence-electron chi connectivity index (χ4n) is 0.125. The first-order valence-electron chi connectivity index (χ1n) is 3.75. The van der Waals surface area contributed by atoms with Crippen LogP contribution in [0, 0.1) is 0 Å². The van der Waals surface area contributed by atoms with Crippen molar-refractivity contribution in [3.05, 3.63) is 24.2 Å². The zero-order chi connectivity index (χ0) is 8.31. The van der Waals surface area contributed by atoms with Crippen LogP contribution in [0.1, 0.15) is 19.3 Å². The van der Waals surface area contributed by atoms with Crippen molar-refractivity contribution < 1.29 is 5.48 Å². The fraction of sp³-hybridized carbons (Fsp3) is 0.333. The Morgan fingerprint density at radius 3 is 1.67 bits per heavy atom. The van der Waals surface area contributed by atoms with Gasteiger partial charge in [0.15, 0.2) is 0 Å². The molecule has 0 amide bonds. The third kappa shape index (κ3) is 3.48. The first-order valence-corrected chi connectivity index (χ1v) is 1.75. The van der Waals surface area contributed by atoms with Crippen molar-refractivity contribution in [3.8, 4) is 0 Å². The molecule has 0 spiro atoms. The highest BCUT2D eigenvalue weighted by Crippen LogP contribution is 1.71. The van der Waals surface area contributed by atoms with E-state index in [1.807, 2.05) is 0 Å². The Hall–Kier alpha value is -0.520. The molecule has 0 saturated carbocycles. The summed E-state index contributed by atoms with van der Waals surface area (Å²) in [5.41, 5.74) is 0. The number of rotatable bonds is 1. The maximum Gasteiger partial charge on any atom is 0.0619 e. The minimum Gasteiger partial charge on any atom is -0.0877 e. The average molecular weight is 86.2 g/mol. The van der Waals surface area contributed by atoms with Gasteiger partial charge in [-0.25, -0.2) is 0 Å². The molecule has 0 aliphatic heterocycles. The Labute approximate surface area is 44.8 Å². The Morgan fingerprint density at radius 1 is 1.17 bits per heavy atom.